The molecule has 0 aromatic carbocycles. The van der Waals surface area contributed by atoms with Crippen LogP contribution in [0.3, 0.4) is 0 Å². The number of hydrogen-bond donors (Lipinski definition) is 1. The van der Waals surface area contributed by atoms with E-state index in [1.807, 2.05) is 6.92 Å². The van der Waals surface area contributed by atoms with E-state index in [0.717, 1.165) is 0 Å². The van der Waals surface area contributed by atoms with Crippen LogP contribution in [0, 0.1) is 28.6 Å². The zero-order valence-electron chi connectivity index (χ0n) is 23.3. The van der Waals surface area contributed by atoms with Crippen molar-refractivity contribution in [3.05, 3.63) is 23.8 Å². The highest BCUT2D eigenvalue weighted by molar-refractivity contribution is 6.01. The van der Waals surface area contributed by atoms with Gasteiger partial charge in [-0.1, -0.05) is 32.4 Å². The lowest BCUT2D eigenvalue weighted by molar-refractivity contribution is -0.222. The fourth-order valence-electron chi connectivity index (χ4n) is 8.14. The lowest BCUT2D eigenvalue weighted by atomic mass is 9.44. The summed E-state index contributed by atoms with van der Waals surface area (Å²) in [6, 6.07) is 0. The SMILES string of the molecule is CCCOC(=O)O[C@]1(C(=O)COC(=O)OCC)[C@H](C)C[C@H]2[C@@H]3CCC4=CC(=O)C=C[C@]4(C)[C@@]3(F)[C@@H](O)C[C@@]21C. The Hall–Kier alpha value is -2.75. The molecule has 1 N–H and O–H groups in total. The van der Waals surface area contributed by atoms with Gasteiger partial charge in [-0.15, -0.1) is 0 Å². The van der Waals surface area contributed by atoms with Gasteiger partial charge in [0, 0.05) is 22.7 Å². The number of fused-ring (bicyclic) bond motifs is 5. The number of ether oxygens (including phenoxy) is 4. The molecule has 0 aliphatic heterocycles. The third-order valence-electron chi connectivity index (χ3n) is 9.85. The average molecular weight is 551 g/mol. The predicted octanol–water partition coefficient (Wildman–Crippen LogP) is 4.65. The highest BCUT2D eigenvalue weighted by atomic mass is 19.1. The summed E-state index contributed by atoms with van der Waals surface area (Å²) in [7, 11) is 0. The second kappa shape index (κ2) is 10.3. The Labute approximate surface area is 228 Å². The minimum absolute atomic E-state index is 0.0515. The van der Waals surface area contributed by atoms with Crippen molar-refractivity contribution in [2.45, 2.75) is 84.1 Å². The molecule has 3 saturated carbocycles. The van der Waals surface area contributed by atoms with Crippen molar-refractivity contribution in [2.75, 3.05) is 19.8 Å². The van der Waals surface area contributed by atoms with E-state index in [1.54, 1.807) is 33.8 Å². The molecule has 8 atom stereocenters. The molecule has 0 heterocycles. The quantitative estimate of drug-likeness (QED) is 0.451. The van der Waals surface area contributed by atoms with Crippen molar-refractivity contribution in [3.8, 4) is 0 Å². The van der Waals surface area contributed by atoms with Gasteiger partial charge < -0.3 is 24.1 Å². The van der Waals surface area contributed by atoms with Gasteiger partial charge in [0.2, 0.25) is 5.78 Å². The summed E-state index contributed by atoms with van der Waals surface area (Å²) < 4.78 is 38.4. The van der Waals surface area contributed by atoms with Gasteiger partial charge >= 0.3 is 12.3 Å². The molecule has 0 aromatic heterocycles. The molecule has 0 spiro atoms. The number of rotatable bonds is 7. The molecule has 4 aliphatic carbocycles. The molecular weight excluding hydrogens is 511 g/mol. The first-order chi connectivity index (χ1) is 18.3. The number of allylic oxidation sites excluding steroid dienone is 4. The summed E-state index contributed by atoms with van der Waals surface area (Å²) in [6.07, 6.45) is 2.25. The molecule has 39 heavy (non-hydrogen) atoms. The van der Waals surface area contributed by atoms with Crippen LogP contribution in [-0.2, 0) is 28.5 Å². The van der Waals surface area contributed by atoms with Gasteiger partial charge in [0.25, 0.3) is 0 Å². The highest BCUT2D eigenvalue weighted by Gasteiger charge is 2.77. The molecule has 9 nitrogen and oxygen atoms in total. The largest absolute Gasteiger partial charge is 0.509 e. The number of halogens is 1. The molecule has 0 saturated heterocycles. The molecule has 0 bridgehead atoms. The van der Waals surface area contributed by atoms with E-state index in [1.165, 1.54) is 12.2 Å². The van der Waals surface area contributed by atoms with E-state index < -0.39 is 70.7 Å². The van der Waals surface area contributed by atoms with E-state index in [0.29, 0.717) is 31.3 Å². The topological polar surface area (TPSA) is 125 Å². The summed E-state index contributed by atoms with van der Waals surface area (Å²) in [5.41, 5.74) is -5.70. The van der Waals surface area contributed by atoms with Gasteiger partial charge in [0.15, 0.2) is 23.7 Å². The molecule has 0 radical (unpaired) electrons. The molecule has 4 rings (SSSR count). The van der Waals surface area contributed by atoms with Crippen LogP contribution in [0.1, 0.15) is 66.7 Å². The highest BCUT2D eigenvalue weighted by Crippen LogP contribution is 2.71. The molecule has 4 aliphatic rings. The van der Waals surface area contributed by atoms with E-state index >= 15 is 4.39 Å². The van der Waals surface area contributed by atoms with Crippen molar-refractivity contribution < 1.29 is 47.6 Å². The standard InChI is InChI=1S/C29H39FO9/c1-6-12-37-25(35)39-29(23(33)16-38-24(34)36-7-2)17(3)13-21-20-9-8-18-14-19(31)10-11-26(18,4)28(20,30)22(32)15-27(21,29)5/h10-11,14,17,20-22,32H,6-9,12-13,15-16H2,1-5H3/t17-,20+,21+,22+,26+,27+,28+,29+/m1/s1. The van der Waals surface area contributed by atoms with Gasteiger partial charge in [-0.3, -0.25) is 9.59 Å². The molecule has 0 unspecified atom stereocenters. The first-order valence-corrected chi connectivity index (χ1v) is 13.8. The molecule has 0 amide bonds. The molecule has 3 fully saturated rings. The third-order valence-corrected chi connectivity index (χ3v) is 9.85. The second-order valence-electron chi connectivity index (χ2n) is 11.7. The molecule has 10 heteroatoms. The summed E-state index contributed by atoms with van der Waals surface area (Å²) in [5, 5.41) is 11.6. The third kappa shape index (κ3) is 4.21. The summed E-state index contributed by atoms with van der Waals surface area (Å²) in [6.45, 7) is 8.02. The van der Waals surface area contributed by atoms with Crippen molar-refractivity contribution in [1.29, 1.82) is 0 Å². The number of aliphatic hydroxyl groups excluding tert-OH is 1. The lowest BCUT2D eigenvalue weighted by Gasteiger charge is -2.62. The summed E-state index contributed by atoms with van der Waals surface area (Å²) in [5.74, 6) is -2.63. The molecule has 216 valence electrons. The van der Waals surface area contributed by atoms with Crippen molar-refractivity contribution in [1.82, 2.24) is 0 Å². The number of ketones is 2. The van der Waals surface area contributed by atoms with Crippen LogP contribution in [-0.4, -0.2) is 66.2 Å². The maximum atomic E-state index is 17.5. The number of Topliss-reactive ketones (excluding diaryl/α,β-unsaturated/α-hetero) is 1. The maximum absolute atomic E-state index is 17.5. The van der Waals surface area contributed by atoms with Crippen LogP contribution in [0.4, 0.5) is 14.0 Å². The number of aliphatic hydroxyl groups is 1. The van der Waals surface area contributed by atoms with Crippen LogP contribution >= 0.6 is 0 Å². The number of alkyl halides is 1. The van der Waals surface area contributed by atoms with Crippen LogP contribution in [0.2, 0.25) is 0 Å². The molecule has 0 aromatic rings. The number of carbonyl (C=O) groups excluding carboxylic acids is 4. The Balaban J connectivity index is 1.76. The van der Waals surface area contributed by atoms with Crippen LogP contribution in [0.25, 0.3) is 0 Å². The van der Waals surface area contributed by atoms with Crippen molar-refractivity contribution in [2.24, 2.45) is 28.6 Å². The zero-order chi connectivity index (χ0) is 28.8. The minimum Gasteiger partial charge on any atom is -0.435 e. The average Bonchev–Trinajstić information content (AvgIpc) is 3.09. The van der Waals surface area contributed by atoms with Gasteiger partial charge in [-0.2, -0.15) is 0 Å². The fourth-order valence-corrected chi connectivity index (χ4v) is 8.14. The Bertz CT molecular complexity index is 1100. The van der Waals surface area contributed by atoms with Gasteiger partial charge in [0.05, 0.1) is 19.3 Å². The van der Waals surface area contributed by atoms with Crippen molar-refractivity contribution in [3.63, 3.8) is 0 Å². The first-order valence-electron chi connectivity index (χ1n) is 13.8. The molecular formula is C29H39FO9. The monoisotopic (exact) mass is 550 g/mol. The smallest absolute Gasteiger partial charge is 0.435 e. The Kier molecular flexibility index (Phi) is 7.75. The van der Waals surface area contributed by atoms with E-state index in [-0.39, 0.29) is 25.4 Å². The summed E-state index contributed by atoms with van der Waals surface area (Å²) in [4.78, 5) is 50.8. The summed E-state index contributed by atoms with van der Waals surface area (Å²) >= 11 is 0. The first kappa shape index (κ1) is 29.2. The zero-order valence-corrected chi connectivity index (χ0v) is 23.3. The van der Waals surface area contributed by atoms with Gasteiger partial charge in [0.1, 0.15) is 0 Å². The Morgan fingerprint density at radius 2 is 1.82 bits per heavy atom. The van der Waals surface area contributed by atoms with E-state index in [4.69, 9.17) is 18.9 Å². The Morgan fingerprint density at radius 1 is 1.10 bits per heavy atom. The van der Waals surface area contributed by atoms with Crippen LogP contribution < -0.4 is 0 Å². The van der Waals surface area contributed by atoms with Crippen LogP contribution in [0.5, 0.6) is 0 Å². The van der Waals surface area contributed by atoms with Gasteiger partial charge in [-0.25, -0.2) is 14.0 Å². The number of carbonyl (C=O) groups is 4. The van der Waals surface area contributed by atoms with Crippen LogP contribution in [0.15, 0.2) is 23.8 Å². The van der Waals surface area contributed by atoms with E-state index in [2.05, 4.69) is 0 Å². The van der Waals surface area contributed by atoms with Gasteiger partial charge in [-0.05, 0) is 64.0 Å². The fraction of sp³-hybridized carbons (Fsp3) is 0.724. The normalized spacial score (nSPS) is 40.5. The Morgan fingerprint density at radius 3 is 2.49 bits per heavy atom. The van der Waals surface area contributed by atoms with E-state index in [9.17, 15) is 24.3 Å². The predicted molar refractivity (Wildman–Crippen MR) is 136 cm³/mol. The number of hydrogen-bond acceptors (Lipinski definition) is 9. The van der Waals surface area contributed by atoms with Crippen molar-refractivity contribution >= 4 is 23.9 Å². The minimum atomic E-state index is -2.11. The second-order valence-corrected chi connectivity index (χ2v) is 11.7. The maximum Gasteiger partial charge on any atom is 0.509 e. The lowest BCUT2D eigenvalue weighted by Crippen LogP contribution is -2.70.